The van der Waals surface area contributed by atoms with E-state index in [0.29, 0.717) is 12.1 Å². The molecule has 0 aliphatic heterocycles. The molecule has 0 radical (unpaired) electrons. The van der Waals surface area contributed by atoms with Crippen LogP contribution in [0.1, 0.15) is 59.8 Å². The fourth-order valence-electron chi connectivity index (χ4n) is 3.39. The van der Waals surface area contributed by atoms with Gasteiger partial charge in [0.2, 0.25) is 0 Å². The van der Waals surface area contributed by atoms with E-state index in [-0.39, 0.29) is 12.1 Å². The van der Waals surface area contributed by atoms with E-state index < -0.39 is 0 Å². The first-order chi connectivity index (χ1) is 8.56. The average Bonchev–Trinajstić information content (AvgIpc) is 2.73. The number of hydrogen-bond donors (Lipinski definition) is 2. The molecule has 0 aromatic heterocycles. The van der Waals surface area contributed by atoms with Gasteiger partial charge in [-0.15, -0.1) is 0 Å². The molecular formula is C15H32N2O. The van der Waals surface area contributed by atoms with Gasteiger partial charge in [0.15, 0.2) is 0 Å². The Labute approximate surface area is 113 Å². The van der Waals surface area contributed by atoms with Gasteiger partial charge in [0.25, 0.3) is 0 Å². The van der Waals surface area contributed by atoms with E-state index in [1.54, 1.807) is 0 Å². The summed E-state index contributed by atoms with van der Waals surface area (Å²) in [6, 6.07) is 1.10. The molecule has 0 heterocycles. The minimum Gasteiger partial charge on any atom is -0.394 e. The van der Waals surface area contributed by atoms with Crippen molar-refractivity contribution in [3.8, 4) is 0 Å². The van der Waals surface area contributed by atoms with E-state index in [0.717, 1.165) is 12.8 Å². The lowest BCUT2D eigenvalue weighted by Gasteiger charge is -2.33. The highest BCUT2D eigenvalue weighted by Gasteiger charge is 2.40. The van der Waals surface area contributed by atoms with Gasteiger partial charge in [0.1, 0.15) is 0 Å². The van der Waals surface area contributed by atoms with E-state index in [2.05, 4.69) is 37.9 Å². The van der Waals surface area contributed by atoms with Crippen molar-refractivity contribution in [2.75, 3.05) is 19.7 Å². The van der Waals surface area contributed by atoms with Crippen LogP contribution in [0.2, 0.25) is 0 Å². The number of nitrogens with zero attached hydrogens (tertiary/aromatic N) is 1. The van der Waals surface area contributed by atoms with Crippen molar-refractivity contribution in [2.45, 2.75) is 77.4 Å². The maximum atomic E-state index is 9.74. The van der Waals surface area contributed by atoms with Crippen molar-refractivity contribution in [1.29, 1.82) is 0 Å². The number of rotatable bonds is 8. The molecule has 0 saturated heterocycles. The van der Waals surface area contributed by atoms with Gasteiger partial charge in [-0.1, -0.05) is 27.7 Å². The Morgan fingerprint density at radius 1 is 1.28 bits per heavy atom. The smallest absolute Gasteiger partial charge is 0.0614 e. The molecule has 0 amide bonds. The molecule has 2 N–H and O–H groups in total. The Kier molecular flexibility index (Phi) is 6.61. The zero-order valence-electron chi connectivity index (χ0n) is 12.7. The van der Waals surface area contributed by atoms with Crippen LogP contribution in [0.4, 0.5) is 0 Å². The maximum Gasteiger partial charge on any atom is 0.0614 e. The molecule has 1 rings (SSSR count). The quantitative estimate of drug-likeness (QED) is 0.700. The van der Waals surface area contributed by atoms with Gasteiger partial charge < -0.3 is 15.3 Å². The van der Waals surface area contributed by atoms with Gasteiger partial charge in [0.05, 0.1) is 6.61 Å². The van der Waals surface area contributed by atoms with E-state index >= 15 is 0 Å². The fourth-order valence-corrected chi connectivity index (χ4v) is 3.39. The van der Waals surface area contributed by atoms with E-state index in [9.17, 15) is 5.11 Å². The number of aliphatic hydroxyl groups excluding tert-OH is 1. The third-order valence-electron chi connectivity index (χ3n) is 4.02. The predicted octanol–water partition coefficient (Wildman–Crippen LogP) is 2.39. The highest BCUT2D eigenvalue weighted by atomic mass is 16.3. The molecule has 0 aromatic carbocycles. The molecule has 3 heteroatoms. The third-order valence-corrected chi connectivity index (χ3v) is 4.02. The van der Waals surface area contributed by atoms with Crippen molar-refractivity contribution in [3.05, 3.63) is 0 Å². The summed E-state index contributed by atoms with van der Waals surface area (Å²) < 4.78 is 0. The zero-order valence-corrected chi connectivity index (χ0v) is 12.7. The molecule has 1 fully saturated rings. The van der Waals surface area contributed by atoms with Crippen LogP contribution in [0.15, 0.2) is 0 Å². The van der Waals surface area contributed by atoms with Gasteiger partial charge in [-0.25, -0.2) is 0 Å². The molecule has 0 spiro atoms. The Morgan fingerprint density at radius 3 is 2.33 bits per heavy atom. The molecule has 1 saturated carbocycles. The van der Waals surface area contributed by atoms with Gasteiger partial charge in [-0.05, 0) is 45.2 Å². The lowest BCUT2D eigenvalue weighted by molar-refractivity contribution is 0.135. The molecule has 0 bridgehead atoms. The van der Waals surface area contributed by atoms with Gasteiger partial charge >= 0.3 is 0 Å². The first-order valence-electron chi connectivity index (χ1n) is 7.69. The molecule has 1 aliphatic rings. The van der Waals surface area contributed by atoms with E-state index in [4.69, 9.17) is 0 Å². The minimum atomic E-state index is -0.0292. The monoisotopic (exact) mass is 256 g/mol. The largest absolute Gasteiger partial charge is 0.394 e. The first kappa shape index (κ1) is 15.9. The standard InChI is InChI=1S/C15H32N2O/c1-5-9-17(10-6-2)14-7-8-15(11-14,12-18)16-13(3)4/h13-14,16,18H,5-12H2,1-4H3. The van der Waals surface area contributed by atoms with Crippen LogP contribution in [0.3, 0.4) is 0 Å². The molecule has 2 atom stereocenters. The number of aliphatic hydroxyl groups is 1. The van der Waals surface area contributed by atoms with Crippen LogP contribution < -0.4 is 5.32 Å². The van der Waals surface area contributed by atoms with Crippen LogP contribution in [0.25, 0.3) is 0 Å². The second-order valence-electron chi connectivity index (χ2n) is 6.17. The zero-order chi connectivity index (χ0) is 13.6. The lowest BCUT2D eigenvalue weighted by Crippen LogP contribution is -2.51. The molecule has 3 nitrogen and oxygen atoms in total. The molecule has 0 aromatic rings. The van der Waals surface area contributed by atoms with Crippen LogP contribution in [0, 0.1) is 0 Å². The van der Waals surface area contributed by atoms with Crippen molar-refractivity contribution < 1.29 is 5.11 Å². The highest BCUT2D eigenvalue weighted by Crippen LogP contribution is 2.33. The van der Waals surface area contributed by atoms with Crippen molar-refractivity contribution in [2.24, 2.45) is 0 Å². The Hall–Kier alpha value is -0.120. The molecule has 108 valence electrons. The number of nitrogens with one attached hydrogen (secondary N) is 1. The Morgan fingerprint density at radius 2 is 1.89 bits per heavy atom. The fraction of sp³-hybridized carbons (Fsp3) is 1.00. The maximum absolute atomic E-state index is 9.74. The molecule has 1 aliphatic carbocycles. The second kappa shape index (κ2) is 7.46. The Bertz CT molecular complexity index is 227. The lowest BCUT2D eigenvalue weighted by atomic mass is 9.97. The highest BCUT2D eigenvalue weighted by molar-refractivity contribution is 5.00. The summed E-state index contributed by atoms with van der Waals surface area (Å²) in [4.78, 5) is 2.62. The van der Waals surface area contributed by atoms with Gasteiger partial charge in [0, 0.05) is 17.6 Å². The summed E-state index contributed by atoms with van der Waals surface area (Å²) in [5, 5.41) is 13.3. The summed E-state index contributed by atoms with van der Waals surface area (Å²) >= 11 is 0. The van der Waals surface area contributed by atoms with Crippen molar-refractivity contribution >= 4 is 0 Å². The third kappa shape index (κ3) is 4.22. The predicted molar refractivity (Wildman–Crippen MR) is 77.9 cm³/mol. The molecule has 2 unspecified atom stereocenters. The van der Waals surface area contributed by atoms with Gasteiger partial charge in [-0.2, -0.15) is 0 Å². The van der Waals surface area contributed by atoms with Gasteiger partial charge in [-0.3, -0.25) is 0 Å². The summed E-state index contributed by atoms with van der Waals surface area (Å²) in [7, 11) is 0. The minimum absolute atomic E-state index is 0.0292. The normalized spacial score (nSPS) is 28.5. The summed E-state index contributed by atoms with van der Waals surface area (Å²) in [6.45, 7) is 11.5. The van der Waals surface area contributed by atoms with Crippen LogP contribution in [0.5, 0.6) is 0 Å². The first-order valence-corrected chi connectivity index (χ1v) is 7.69. The molecular weight excluding hydrogens is 224 g/mol. The number of hydrogen-bond acceptors (Lipinski definition) is 3. The SMILES string of the molecule is CCCN(CCC)C1CCC(CO)(NC(C)C)C1. The van der Waals surface area contributed by atoms with Crippen LogP contribution in [-0.4, -0.2) is 47.3 Å². The van der Waals surface area contributed by atoms with E-state index in [1.807, 2.05) is 0 Å². The average molecular weight is 256 g/mol. The molecule has 18 heavy (non-hydrogen) atoms. The summed E-state index contributed by atoms with van der Waals surface area (Å²) in [5.74, 6) is 0. The van der Waals surface area contributed by atoms with E-state index in [1.165, 1.54) is 32.4 Å². The summed E-state index contributed by atoms with van der Waals surface area (Å²) in [5.41, 5.74) is -0.0292. The summed E-state index contributed by atoms with van der Waals surface area (Å²) in [6.07, 6.45) is 5.87. The van der Waals surface area contributed by atoms with Crippen molar-refractivity contribution in [1.82, 2.24) is 10.2 Å². The Balaban J connectivity index is 2.60. The van der Waals surface area contributed by atoms with Crippen LogP contribution >= 0.6 is 0 Å². The van der Waals surface area contributed by atoms with Crippen molar-refractivity contribution in [3.63, 3.8) is 0 Å². The second-order valence-corrected chi connectivity index (χ2v) is 6.17. The van der Waals surface area contributed by atoms with Crippen LogP contribution in [-0.2, 0) is 0 Å². The topological polar surface area (TPSA) is 35.5 Å².